The van der Waals surface area contributed by atoms with Crippen molar-refractivity contribution in [2.24, 2.45) is 23.2 Å². The second kappa shape index (κ2) is 4.84. The van der Waals surface area contributed by atoms with Gasteiger partial charge in [-0.25, -0.2) is 0 Å². The Hall–Kier alpha value is -1.89. The monoisotopic (exact) mass is 328 g/mol. The average molecular weight is 328 g/mol. The average Bonchev–Trinajstić information content (AvgIpc) is 2.61. The molecule has 0 N–H and O–H groups in total. The zero-order valence-corrected chi connectivity index (χ0v) is 14.6. The molecule has 1 nitrogen and oxygen atoms in total. The second-order valence-corrected chi connectivity index (χ2v) is 9.22. The molecule has 126 valence electrons. The maximum absolute atomic E-state index is 13.1. The van der Waals surface area contributed by atoms with E-state index in [-0.39, 0.29) is 5.78 Å². The Morgan fingerprint density at radius 3 is 1.60 bits per heavy atom. The number of hydrogen-bond donors (Lipinski definition) is 0. The summed E-state index contributed by atoms with van der Waals surface area (Å²) < 4.78 is 0. The van der Waals surface area contributed by atoms with Gasteiger partial charge in [-0.2, -0.15) is 0 Å². The lowest BCUT2D eigenvalue weighted by Gasteiger charge is -2.60. The van der Waals surface area contributed by atoms with Crippen LogP contribution in [0, 0.1) is 23.2 Å². The largest absolute Gasteiger partial charge is 0.289 e. The van der Waals surface area contributed by atoms with Gasteiger partial charge in [0.2, 0.25) is 0 Å². The van der Waals surface area contributed by atoms with Crippen molar-refractivity contribution in [2.45, 2.75) is 44.4 Å². The summed E-state index contributed by atoms with van der Waals surface area (Å²) in [5, 5.41) is 0. The molecule has 0 unspecified atom stereocenters. The quantitative estimate of drug-likeness (QED) is 0.668. The van der Waals surface area contributed by atoms with Crippen LogP contribution < -0.4 is 0 Å². The third-order valence-corrected chi connectivity index (χ3v) is 7.73. The van der Waals surface area contributed by atoms with Crippen molar-refractivity contribution in [2.75, 3.05) is 0 Å². The predicted octanol–water partition coefficient (Wildman–Crippen LogP) is 5.58. The Morgan fingerprint density at radius 2 is 1.12 bits per heavy atom. The van der Waals surface area contributed by atoms with E-state index in [0.717, 1.165) is 28.9 Å². The van der Waals surface area contributed by atoms with Crippen molar-refractivity contribution in [3.05, 3.63) is 70.8 Å². The summed E-state index contributed by atoms with van der Waals surface area (Å²) in [6.07, 6.45) is 8.53. The van der Waals surface area contributed by atoms with E-state index in [2.05, 4.69) is 36.4 Å². The lowest BCUT2D eigenvalue weighted by molar-refractivity contribution is -0.0622. The van der Waals surface area contributed by atoms with E-state index in [1.165, 1.54) is 49.7 Å². The van der Waals surface area contributed by atoms with Crippen molar-refractivity contribution in [1.29, 1.82) is 0 Å². The number of hydrogen-bond acceptors (Lipinski definition) is 1. The molecular formula is C24H24O. The first kappa shape index (κ1) is 14.3. The van der Waals surface area contributed by atoms with Gasteiger partial charge in [-0.3, -0.25) is 4.79 Å². The zero-order chi connectivity index (χ0) is 16.6. The summed E-state index contributed by atoms with van der Waals surface area (Å²) in [6.45, 7) is 0. The summed E-state index contributed by atoms with van der Waals surface area (Å²) in [5.74, 6) is 3.45. The van der Waals surface area contributed by atoms with Crippen LogP contribution in [-0.2, 0) is 0 Å². The molecule has 5 aliphatic carbocycles. The van der Waals surface area contributed by atoms with Crippen LogP contribution in [0.3, 0.4) is 0 Å². The Balaban J connectivity index is 1.59. The normalized spacial score (nSPS) is 35.5. The van der Waals surface area contributed by atoms with E-state index in [9.17, 15) is 4.79 Å². The number of rotatable bonds is 1. The molecule has 0 aromatic heterocycles. The number of carbonyl (C=O) groups excluding carboxylic acids is 1. The van der Waals surface area contributed by atoms with Crippen LogP contribution in [-0.4, -0.2) is 5.78 Å². The highest BCUT2D eigenvalue weighted by Gasteiger charge is 2.56. The van der Waals surface area contributed by atoms with Crippen molar-refractivity contribution in [1.82, 2.24) is 0 Å². The Kier molecular flexibility index (Phi) is 2.77. The summed E-state index contributed by atoms with van der Waals surface area (Å²) in [4.78, 5) is 13.1. The van der Waals surface area contributed by atoms with Crippen LogP contribution in [0.5, 0.6) is 0 Å². The van der Waals surface area contributed by atoms with Crippen LogP contribution in [0.2, 0.25) is 0 Å². The molecular weight excluding hydrogens is 304 g/mol. The molecule has 1 heteroatoms. The first-order valence-electron chi connectivity index (χ1n) is 9.96. The van der Waals surface area contributed by atoms with Gasteiger partial charge in [-0.05, 0) is 72.8 Å². The van der Waals surface area contributed by atoms with Crippen molar-refractivity contribution in [3.63, 3.8) is 0 Å². The molecule has 0 saturated heterocycles. The van der Waals surface area contributed by atoms with Gasteiger partial charge in [0.15, 0.2) is 5.78 Å². The summed E-state index contributed by atoms with van der Waals surface area (Å²) in [5.41, 5.74) is 4.94. The van der Waals surface area contributed by atoms with E-state index in [4.69, 9.17) is 0 Å². The van der Waals surface area contributed by atoms with Crippen LogP contribution in [0.1, 0.15) is 71.5 Å². The maximum Gasteiger partial charge on any atom is 0.193 e. The number of ketones is 1. The Labute approximate surface area is 149 Å². The minimum absolute atomic E-state index is 0.229. The van der Waals surface area contributed by atoms with Gasteiger partial charge in [0, 0.05) is 17.0 Å². The molecule has 0 radical (unpaired) electrons. The van der Waals surface area contributed by atoms with E-state index < -0.39 is 0 Å². The fourth-order valence-corrected chi connectivity index (χ4v) is 7.41. The van der Waals surface area contributed by atoms with Crippen molar-refractivity contribution < 1.29 is 4.79 Å². The van der Waals surface area contributed by atoms with E-state index in [1.54, 1.807) is 0 Å². The first-order chi connectivity index (χ1) is 12.2. The standard InChI is InChI=1S/C24H24O/c25-23-20-7-3-1-5-18(20)22(19-6-2-4-8-21(19)23)24-12-15-9-16(13-24)11-17(10-15)14-24/h1-8,15-17,22H,9-14H2. The van der Waals surface area contributed by atoms with Gasteiger partial charge in [0.1, 0.15) is 0 Å². The predicted molar refractivity (Wildman–Crippen MR) is 98.8 cm³/mol. The number of fused-ring (bicyclic) bond motifs is 2. The lowest BCUT2D eigenvalue weighted by Crippen LogP contribution is -2.50. The maximum atomic E-state index is 13.1. The molecule has 7 rings (SSSR count). The fourth-order valence-electron chi connectivity index (χ4n) is 7.41. The topological polar surface area (TPSA) is 17.1 Å². The summed E-state index contributed by atoms with van der Waals surface area (Å²) in [7, 11) is 0. The highest BCUT2D eigenvalue weighted by Crippen LogP contribution is 2.66. The van der Waals surface area contributed by atoms with E-state index in [1.807, 2.05) is 12.1 Å². The molecule has 2 aromatic carbocycles. The molecule has 2 aromatic rings. The van der Waals surface area contributed by atoms with Crippen LogP contribution >= 0.6 is 0 Å². The molecule has 25 heavy (non-hydrogen) atoms. The molecule has 0 heterocycles. The highest BCUT2D eigenvalue weighted by atomic mass is 16.1. The molecule has 4 fully saturated rings. The fraction of sp³-hybridized carbons (Fsp3) is 0.458. The van der Waals surface area contributed by atoms with Crippen molar-refractivity contribution >= 4 is 5.78 Å². The summed E-state index contributed by atoms with van der Waals surface area (Å²) in [6, 6.07) is 16.9. The van der Waals surface area contributed by atoms with Crippen LogP contribution in [0.15, 0.2) is 48.5 Å². The molecule has 4 saturated carbocycles. The third-order valence-electron chi connectivity index (χ3n) is 7.73. The van der Waals surface area contributed by atoms with E-state index >= 15 is 0 Å². The first-order valence-corrected chi connectivity index (χ1v) is 9.96. The van der Waals surface area contributed by atoms with Gasteiger partial charge in [-0.15, -0.1) is 0 Å². The number of benzene rings is 2. The SMILES string of the molecule is O=C1c2ccccc2C(C23CC4CC(CC(C4)C2)C3)c2ccccc21. The van der Waals surface area contributed by atoms with Gasteiger partial charge in [0.25, 0.3) is 0 Å². The van der Waals surface area contributed by atoms with E-state index in [0.29, 0.717) is 11.3 Å². The molecule has 5 aliphatic rings. The Morgan fingerprint density at radius 1 is 0.680 bits per heavy atom. The lowest BCUT2D eigenvalue weighted by atomic mass is 9.44. The zero-order valence-electron chi connectivity index (χ0n) is 14.6. The number of carbonyl (C=O) groups is 1. The molecule has 0 amide bonds. The van der Waals surface area contributed by atoms with Gasteiger partial charge >= 0.3 is 0 Å². The highest BCUT2D eigenvalue weighted by molar-refractivity contribution is 6.12. The minimum Gasteiger partial charge on any atom is -0.289 e. The summed E-state index contributed by atoms with van der Waals surface area (Å²) >= 11 is 0. The molecule has 4 bridgehead atoms. The van der Waals surface area contributed by atoms with Gasteiger partial charge in [0.05, 0.1) is 0 Å². The Bertz CT molecular complexity index is 792. The molecule has 0 spiro atoms. The second-order valence-electron chi connectivity index (χ2n) is 9.22. The van der Waals surface area contributed by atoms with Crippen molar-refractivity contribution in [3.8, 4) is 0 Å². The smallest absolute Gasteiger partial charge is 0.193 e. The van der Waals surface area contributed by atoms with Crippen LogP contribution in [0.4, 0.5) is 0 Å². The molecule has 0 atom stereocenters. The molecule has 0 aliphatic heterocycles. The minimum atomic E-state index is 0.229. The van der Waals surface area contributed by atoms with Crippen LogP contribution in [0.25, 0.3) is 0 Å². The van der Waals surface area contributed by atoms with Gasteiger partial charge < -0.3 is 0 Å². The third kappa shape index (κ3) is 1.87. The van der Waals surface area contributed by atoms with Gasteiger partial charge in [-0.1, -0.05) is 48.5 Å².